The Bertz CT molecular complexity index is 1020. The Morgan fingerprint density at radius 3 is 2.55 bits per heavy atom. The summed E-state index contributed by atoms with van der Waals surface area (Å²) in [5, 5.41) is 3.40. The first kappa shape index (κ1) is 19.1. The van der Waals surface area contributed by atoms with Crippen molar-refractivity contribution in [1.82, 2.24) is 19.6 Å². The number of carbonyl (C=O) groups excluding carboxylic acids is 2. The molecular formula is C22H24N4O3. The van der Waals surface area contributed by atoms with Crippen LogP contribution in [0.25, 0.3) is 5.65 Å². The highest BCUT2D eigenvalue weighted by atomic mass is 16.5. The van der Waals surface area contributed by atoms with Crippen molar-refractivity contribution in [1.29, 1.82) is 0 Å². The molecule has 1 N–H and O–H groups in total. The van der Waals surface area contributed by atoms with Crippen LogP contribution in [0.5, 0.6) is 0 Å². The molecule has 1 aliphatic heterocycles. The SMILES string of the molecule is COC(=O)c1ccc(CNCc2c(C(=O)N3CCCC3)nc3ccccn23)cc1. The largest absolute Gasteiger partial charge is 0.465 e. The second-order valence-electron chi connectivity index (χ2n) is 7.13. The molecule has 0 aliphatic carbocycles. The summed E-state index contributed by atoms with van der Waals surface area (Å²) >= 11 is 0. The first-order valence-electron chi connectivity index (χ1n) is 9.80. The van der Waals surface area contributed by atoms with Crippen LogP contribution in [0.2, 0.25) is 0 Å². The Balaban J connectivity index is 1.50. The van der Waals surface area contributed by atoms with Crippen molar-refractivity contribution in [2.75, 3.05) is 20.2 Å². The quantitative estimate of drug-likeness (QED) is 0.653. The number of fused-ring (bicyclic) bond motifs is 1. The van der Waals surface area contributed by atoms with Gasteiger partial charge in [-0.05, 0) is 42.7 Å². The van der Waals surface area contributed by atoms with Gasteiger partial charge in [-0.15, -0.1) is 0 Å². The van der Waals surface area contributed by atoms with Crippen molar-refractivity contribution in [3.63, 3.8) is 0 Å². The van der Waals surface area contributed by atoms with Crippen LogP contribution >= 0.6 is 0 Å². The number of likely N-dealkylation sites (tertiary alicyclic amines) is 1. The number of benzene rings is 1. The highest BCUT2D eigenvalue weighted by molar-refractivity contribution is 5.94. The lowest BCUT2D eigenvalue weighted by atomic mass is 10.1. The molecule has 4 rings (SSSR count). The van der Waals surface area contributed by atoms with E-state index in [-0.39, 0.29) is 11.9 Å². The summed E-state index contributed by atoms with van der Waals surface area (Å²) < 4.78 is 6.69. The molecule has 0 saturated carbocycles. The van der Waals surface area contributed by atoms with Gasteiger partial charge in [0.25, 0.3) is 5.91 Å². The standard InChI is InChI=1S/C22H24N4O3/c1-29-22(28)17-9-7-16(8-10-17)14-23-15-18-20(21(27)25-11-4-5-12-25)24-19-6-2-3-13-26(18)19/h2-3,6-10,13,23H,4-5,11-12,14-15H2,1H3. The maximum atomic E-state index is 13.0. The van der Waals surface area contributed by atoms with Crippen LogP contribution in [0, 0.1) is 0 Å². The fourth-order valence-corrected chi connectivity index (χ4v) is 3.66. The zero-order valence-electron chi connectivity index (χ0n) is 16.4. The molecular weight excluding hydrogens is 368 g/mol. The summed E-state index contributed by atoms with van der Waals surface area (Å²) in [4.78, 5) is 31.0. The van der Waals surface area contributed by atoms with Crippen molar-refractivity contribution in [2.45, 2.75) is 25.9 Å². The predicted octanol–water partition coefficient (Wildman–Crippen LogP) is 2.65. The topological polar surface area (TPSA) is 75.9 Å². The predicted molar refractivity (Wildman–Crippen MR) is 109 cm³/mol. The van der Waals surface area contributed by atoms with Crippen LogP contribution < -0.4 is 5.32 Å². The minimum Gasteiger partial charge on any atom is -0.465 e. The van der Waals surface area contributed by atoms with Crippen molar-refractivity contribution in [3.8, 4) is 0 Å². The highest BCUT2D eigenvalue weighted by Gasteiger charge is 2.25. The molecule has 2 aromatic heterocycles. The Kier molecular flexibility index (Phi) is 5.57. The molecule has 1 aromatic carbocycles. The molecule has 0 bridgehead atoms. The van der Waals surface area contributed by atoms with Gasteiger partial charge in [0.1, 0.15) is 5.65 Å². The van der Waals surface area contributed by atoms with Crippen molar-refractivity contribution in [2.24, 2.45) is 0 Å². The van der Waals surface area contributed by atoms with E-state index in [4.69, 9.17) is 4.74 Å². The van der Waals surface area contributed by atoms with E-state index in [1.54, 1.807) is 12.1 Å². The van der Waals surface area contributed by atoms with E-state index in [0.717, 1.165) is 42.8 Å². The van der Waals surface area contributed by atoms with Gasteiger partial charge < -0.3 is 19.4 Å². The zero-order chi connectivity index (χ0) is 20.2. The average Bonchev–Trinajstić information content (AvgIpc) is 3.42. The zero-order valence-corrected chi connectivity index (χ0v) is 16.4. The van der Waals surface area contributed by atoms with Gasteiger partial charge in [-0.3, -0.25) is 4.79 Å². The summed E-state index contributed by atoms with van der Waals surface area (Å²) in [6.07, 6.45) is 4.04. The number of ether oxygens (including phenoxy) is 1. The van der Waals surface area contributed by atoms with Gasteiger partial charge in [0, 0.05) is 32.4 Å². The number of nitrogens with zero attached hydrogens (tertiary/aromatic N) is 3. The average molecular weight is 392 g/mol. The second-order valence-corrected chi connectivity index (χ2v) is 7.13. The lowest BCUT2D eigenvalue weighted by molar-refractivity contribution is 0.0600. The van der Waals surface area contributed by atoms with Crippen LogP contribution in [-0.4, -0.2) is 46.4 Å². The third-order valence-electron chi connectivity index (χ3n) is 5.22. The summed E-state index contributed by atoms with van der Waals surface area (Å²) in [6, 6.07) is 13.1. The molecule has 1 fully saturated rings. The minimum absolute atomic E-state index is 0.00503. The maximum Gasteiger partial charge on any atom is 0.337 e. The van der Waals surface area contributed by atoms with E-state index in [9.17, 15) is 9.59 Å². The number of hydrogen-bond acceptors (Lipinski definition) is 5. The third-order valence-corrected chi connectivity index (χ3v) is 5.22. The lowest BCUT2D eigenvalue weighted by Gasteiger charge is -2.15. The smallest absolute Gasteiger partial charge is 0.337 e. The number of hydrogen-bond donors (Lipinski definition) is 1. The number of aromatic nitrogens is 2. The Labute approximate surface area is 169 Å². The number of esters is 1. The van der Waals surface area contributed by atoms with Crippen LogP contribution in [-0.2, 0) is 17.8 Å². The minimum atomic E-state index is -0.347. The first-order chi connectivity index (χ1) is 14.2. The van der Waals surface area contributed by atoms with E-state index >= 15 is 0 Å². The van der Waals surface area contributed by atoms with Gasteiger partial charge >= 0.3 is 5.97 Å². The number of carbonyl (C=O) groups is 2. The van der Waals surface area contributed by atoms with Gasteiger partial charge in [-0.2, -0.15) is 0 Å². The Morgan fingerprint density at radius 1 is 1.07 bits per heavy atom. The number of imidazole rings is 1. The second kappa shape index (κ2) is 8.45. The Hall–Kier alpha value is -3.19. The molecule has 150 valence electrons. The Morgan fingerprint density at radius 2 is 1.83 bits per heavy atom. The molecule has 29 heavy (non-hydrogen) atoms. The van der Waals surface area contributed by atoms with Gasteiger partial charge in [0.05, 0.1) is 18.4 Å². The van der Waals surface area contributed by atoms with Crippen LogP contribution in [0.1, 0.15) is 44.9 Å². The number of pyridine rings is 1. The first-order valence-corrected chi connectivity index (χ1v) is 9.80. The van der Waals surface area contributed by atoms with E-state index in [2.05, 4.69) is 10.3 Å². The molecule has 1 aliphatic rings. The van der Waals surface area contributed by atoms with Gasteiger partial charge in [-0.1, -0.05) is 18.2 Å². The van der Waals surface area contributed by atoms with E-state index in [1.807, 2.05) is 45.8 Å². The molecule has 0 spiro atoms. The van der Waals surface area contributed by atoms with Crippen molar-refractivity contribution in [3.05, 3.63) is 71.2 Å². The monoisotopic (exact) mass is 392 g/mol. The molecule has 1 amide bonds. The summed E-state index contributed by atoms with van der Waals surface area (Å²) in [6.45, 7) is 2.72. The number of methoxy groups -OCH3 is 1. The van der Waals surface area contributed by atoms with Crippen LogP contribution in [0.3, 0.4) is 0 Å². The van der Waals surface area contributed by atoms with Crippen molar-refractivity contribution < 1.29 is 14.3 Å². The van der Waals surface area contributed by atoms with Gasteiger partial charge in [0.15, 0.2) is 5.69 Å². The van der Waals surface area contributed by atoms with E-state index in [0.29, 0.717) is 24.3 Å². The third kappa shape index (κ3) is 4.00. The molecule has 7 heteroatoms. The molecule has 0 atom stereocenters. The summed E-state index contributed by atoms with van der Waals surface area (Å²) in [5.74, 6) is -0.342. The molecule has 3 aromatic rings. The number of nitrogens with one attached hydrogen (secondary N) is 1. The maximum absolute atomic E-state index is 13.0. The molecule has 3 heterocycles. The van der Waals surface area contributed by atoms with Crippen molar-refractivity contribution >= 4 is 17.5 Å². The summed E-state index contributed by atoms with van der Waals surface area (Å²) in [5.41, 5.74) is 3.72. The molecule has 0 radical (unpaired) electrons. The number of amides is 1. The molecule has 1 saturated heterocycles. The normalized spacial score (nSPS) is 13.8. The highest BCUT2D eigenvalue weighted by Crippen LogP contribution is 2.18. The fourth-order valence-electron chi connectivity index (χ4n) is 3.66. The van der Waals surface area contributed by atoms with Crippen LogP contribution in [0.15, 0.2) is 48.7 Å². The number of rotatable bonds is 6. The fraction of sp³-hybridized carbons (Fsp3) is 0.318. The van der Waals surface area contributed by atoms with Crippen LogP contribution in [0.4, 0.5) is 0 Å². The van der Waals surface area contributed by atoms with E-state index in [1.165, 1.54) is 7.11 Å². The van der Waals surface area contributed by atoms with Gasteiger partial charge in [0.2, 0.25) is 0 Å². The summed E-state index contributed by atoms with van der Waals surface area (Å²) in [7, 11) is 1.37. The lowest BCUT2D eigenvalue weighted by Crippen LogP contribution is -2.29. The van der Waals surface area contributed by atoms with Gasteiger partial charge in [-0.25, -0.2) is 9.78 Å². The molecule has 0 unspecified atom stereocenters. The van der Waals surface area contributed by atoms with E-state index < -0.39 is 0 Å². The molecule has 7 nitrogen and oxygen atoms in total.